The van der Waals surface area contributed by atoms with E-state index in [1.165, 1.54) is 0 Å². The highest BCUT2D eigenvalue weighted by molar-refractivity contribution is 9.10. The summed E-state index contributed by atoms with van der Waals surface area (Å²) in [6.45, 7) is 0.943. The minimum atomic E-state index is -5.08. The minimum absolute atomic E-state index is 0.0791. The number of rotatable bonds is 5. The van der Waals surface area contributed by atoms with Gasteiger partial charge in [-0.15, -0.1) is 0 Å². The zero-order valence-electron chi connectivity index (χ0n) is 18.8. The molecule has 0 saturated carbocycles. The van der Waals surface area contributed by atoms with Crippen molar-refractivity contribution >= 4 is 50.3 Å². The van der Waals surface area contributed by atoms with E-state index in [9.17, 15) is 22.8 Å². The fourth-order valence-corrected chi connectivity index (χ4v) is 3.90. The number of nitrogens with zero attached hydrogens (tertiary/aromatic N) is 2. The first-order valence-electron chi connectivity index (χ1n) is 10.8. The molecule has 3 aromatic rings. The van der Waals surface area contributed by atoms with E-state index in [1.807, 2.05) is 42.5 Å². The molecule has 2 amide bonds. The van der Waals surface area contributed by atoms with Crippen LogP contribution in [0.3, 0.4) is 0 Å². The fraction of sp³-hybridized carbons (Fsp3) is 0.304. The molecule has 0 aliphatic carbocycles. The molecule has 1 aliphatic heterocycles. The summed E-state index contributed by atoms with van der Waals surface area (Å²) in [4.78, 5) is 35.9. The van der Waals surface area contributed by atoms with Crippen LogP contribution in [0.1, 0.15) is 12.0 Å². The van der Waals surface area contributed by atoms with E-state index in [-0.39, 0.29) is 17.7 Å². The Balaban J connectivity index is 0.000000454. The van der Waals surface area contributed by atoms with Crippen molar-refractivity contribution in [3.8, 4) is 0 Å². The molecule has 2 atom stereocenters. The van der Waals surface area contributed by atoms with Crippen molar-refractivity contribution in [1.82, 2.24) is 15.1 Å². The third-order valence-electron chi connectivity index (χ3n) is 5.51. The molecule has 13 heteroatoms. The molecule has 192 valence electrons. The Morgan fingerprint density at radius 2 is 1.89 bits per heavy atom. The summed E-state index contributed by atoms with van der Waals surface area (Å²) < 4.78 is 32.7. The predicted octanol–water partition coefficient (Wildman–Crippen LogP) is 3.32. The van der Waals surface area contributed by atoms with Gasteiger partial charge in [-0.3, -0.25) is 14.7 Å². The van der Waals surface area contributed by atoms with Gasteiger partial charge in [0, 0.05) is 28.6 Å². The summed E-state index contributed by atoms with van der Waals surface area (Å²) in [5, 5.41) is 17.9. The highest BCUT2D eigenvalue weighted by Gasteiger charge is 2.38. The van der Waals surface area contributed by atoms with E-state index >= 15 is 0 Å². The number of nitrogens with two attached hydrogens (primary N) is 1. The van der Waals surface area contributed by atoms with Crippen LogP contribution >= 0.6 is 15.9 Å². The Hall–Kier alpha value is -3.45. The van der Waals surface area contributed by atoms with E-state index in [2.05, 4.69) is 31.4 Å². The van der Waals surface area contributed by atoms with E-state index in [1.54, 1.807) is 11.1 Å². The molecule has 36 heavy (non-hydrogen) atoms. The van der Waals surface area contributed by atoms with Crippen molar-refractivity contribution in [2.24, 2.45) is 11.7 Å². The van der Waals surface area contributed by atoms with Crippen LogP contribution in [0, 0.1) is 5.92 Å². The number of aromatic amines is 1. The van der Waals surface area contributed by atoms with Crippen molar-refractivity contribution in [3.63, 3.8) is 0 Å². The van der Waals surface area contributed by atoms with E-state index in [4.69, 9.17) is 15.6 Å². The van der Waals surface area contributed by atoms with Gasteiger partial charge in [-0.25, -0.2) is 4.79 Å². The first-order valence-corrected chi connectivity index (χ1v) is 11.6. The Morgan fingerprint density at radius 1 is 1.22 bits per heavy atom. The van der Waals surface area contributed by atoms with Gasteiger partial charge in [-0.05, 0) is 48.7 Å². The highest BCUT2D eigenvalue weighted by atomic mass is 79.9. The third kappa shape index (κ3) is 7.28. The number of likely N-dealkylation sites (tertiary alicyclic amines) is 1. The van der Waals surface area contributed by atoms with Crippen molar-refractivity contribution in [1.29, 1.82) is 0 Å². The quantitative estimate of drug-likeness (QED) is 0.371. The van der Waals surface area contributed by atoms with Crippen LogP contribution in [0.15, 0.2) is 53.1 Å². The Kier molecular flexibility index (Phi) is 8.69. The van der Waals surface area contributed by atoms with Crippen LogP contribution in [-0.2, 0) is 20.8 Å². The molecular formula is C23H23BrF3N5O4. The summed E-state index contributed by atoms with van der Waals surface area (Å²) in [6, 6.07) is 12.8. The number of nitrogens with one attached hydrogen (secondary N) is 2. The summed E-state index contributed by atoms with van der Waals surface area (Å²) in [5.74, 6) is -3.18. The van der Waals surface area contributed by atoms with Crippen molar-refractivity contribution in [2.75, 3.05) is 18.4 Å². The van der Waals surface area contributed by atoms with E-state index in [0.29, 0.717) is 25.9 Å². The molecule has 1 aliphatic rings. The van der Waals surface area contributed by atoms with Gasteiger partial charge in [-0.2, -0.15) is 18.3 Å². The zero-order chi connectivity index (χ0) is 26.5. The zero-order valence-corrected chi connectivity index (χ0v) is 20.3. The molecule has 0 spiro atoms. The van der Waals surface area contributed by atoms with E-state index < -0.39 is 18.2 Å². The Bertz CT molecular complexity index is 1230. The number of benzene rings is 2. The highest BCUT2D eigenvalue weighted by Crippen LogP contribution is 2.22. The number of hydrogen-bond acceptors (Lipinski definition) is 5. The molecule has 0 unspecified atom stereocenters. The normalized spacial score (nSPS) is 16.2. The maximum absolute atomic E-state index is 12.7. The van der Waals surface area contributed by atoms with Gasteiger partial charge in [-0.1, -0.05) is 28.1 Å². The lowest BCUT2D eigenvalue weighted by Gasteiger charge is -2.21. The number of carbonyl (C=O) groups is 3. The Labute approximate surface area is 212 Å². The number of amides is 2. The molecule has 9 nitrogen and oxygen atoms in total. The number of alkyl halides is 3. The maximum atomic E-state index is 12.7. The van der Waals surface area contributed by atoms with Crippen molar-refractivity contribution in [3.05, 3.63) is 58.7 Å². The molecule has 1 saturated heterocycles. The van der Waals surface area contributed by atoms with Crippen LogP contribution in [-0.4, -0.2) is 63.3 Å². The van der Waals surface area contributed by atoms with E-state index in [0.717, 1.165) is 26.6 Å². The largest absolute Gasteiger partial charge is 0.490 e. The molecule has 0 bridgehead atoms. The number of carboxylic acids is 1. The summed E-state index contributed by atoms with van der Waals surface area (Å²) >= 11 is 3.40. The smallest absolute Gasteiger partial charge is 0.475 e. The van der Waals surface area contributed by atoms with Gasteiger partial charge < -0.3 is 21.1 Å². The van der Waals surface area contributed by atoms with Gasteiger partial charge in [0.1, 0.15) is 0 Å². The number of carbonyl (C=O) groups excluding carboxylic acids is 2. The first kappa shape index (κ1) is 27.1. The summed E-state index contributed by atoms with van der Waals surface area (Å²) in [7, 11) is 0. The van der Waals surface area contributed by atoms with Crippen LogP contribution < -0.4 is 11.1 Å². The molecule has 5 N–H and O–H groups in total. The number of fused-ring (bicyclic) bond motifs is 1. The molecular weight excluding hydrogens is 547 g/mol. The second kappa shape index (κ2) is 11.5. The van der Waals surface area contributed by atoms with Gasteiger partial charge >= 0.3 is 12.1 Å². The lowest BCUT2D eigenvalue weighted by atomic mass is 10.1. The van der Waals surface area contributed by atoms with Gasteiger partial charge in [0.2, 0.25) is 11.8 Å². The summed E-state index contributed by atoms with van der Waals surface area (Å²) in [5.41, 5.74) is 8.79. The lowest BCUT2D eigenvalue weighted by Crippen LogP contribution is -2.44. The lowest BCUT2D eigenvalue weighted by molar-refractivity contribution is -0.192. The first-order chi connectivity index (χ1) is 16.9. The Morgan fingerprint density at radius 3 is 2.53 bits per heavy atom. The molecule has 1 fully saturated rings. The predicted molar refractivity (Wildman–Crippen MR) is 129 cm³/mol. The van der Waals surface area contributed by atoms with Gasteiger partial charge in [0.25, 0.3) is 0 Å². The number of H-pyrrole nitrogens is 1. The molecule has 2 aromatic carbocycles. The van der Waals surface area contributed by atoms with Crippen LogP contribution in [0.4, 0.5) is 18.9 Å². The van der Waals surface area contributed by atoms with Crippen LogP contribution in [0.25, 0.3) is 10.9 Å². The number of aromatic nitrogens is 2. The summed E-state index contributed by atoms with van der Waals surface area (Å²) in [6.07, 6.45) is -2.26. The number of hydrogen-bond donors (Lipinski definition) is 4. The number of aliphatic carboxylic acids is 1. The number of carboxylic acid groups (broad SMARTS) is 1. The van der Waals surface area contributed by atoms with Crippen molar-refractivity contribution < 1.29 is 32.7 Å². The van der Waals surface area contributed by atoms with Crippen molar-refractivity contribution in [2.45, 2.75) is 25.1 Å². The topological polar surface area (TPSA) is 141 Å². The second-order valence-electron chi connectivity index (χ2n) is 8.17. The monoisotopic (exact) mass is 569 g/mol. The molecule has 1 aromatic heterocycles. The SMILES string of the molecule is N[C@@H](Cc1ccc(Br)cc1)C(=O)N1CC[C@@H](C(=O)Nc2ccc3[nH]ncc3c2)C1.O=C(O)C(F)(F)F. The maximum Gasteiger partial charge on any atom is 0.490 e. The fourth-order valence-electron chi connectivity index (χ4n) is 3.64. The molecule has 0 radical (unpaired) electrons. The minimum Gasteiger partial charge on any atom is -0.475 e. The average molecular weight is 570 g/mol. The second-order valence-corrected chi connectivity index (χ2v) is 9.09. The molecule has 4 rings (SSSR count). The van der Waals surface area contributed by atoms with Crippen LogP contribution in [0.5, 0.6) is 0 Å². The molecule has 2 heterocycles. The standard InChI is InChI=1S/C21H22BrN5O2.C2HF3O2/c22-16-3-1-13(2-4-16)9-18(23)21(29)27-8-7-14(12-27)20(28)25-17-5-6-19-15(10-17)11-24-26-19;3-2(4,5)1(6)7/h1-6,10-11,14,18H,7-9,12,23H2,(H,24,26)(H,25,28);(H,6,7)/t14-,18+;/m1./s1. The number of halogens is 4. The van der Waals surface area contributed by atoms with Crippen LogP contribution in [0.2, 0.25) is 0 Å². The third-order valence-corrected chi connectivity index (χ3v) is 6.04. The number of anilines is 1. The van der Waals surface area contributed by atoms with Gasteiger partial charge in [0.05, 0.1) is 23.7 Å². The average Bonchev–Trinajstić information content (AvgIpc) is 3.49. The van der Waals surface area contributed by atoms with Gasteiger partial charge in [0.15, 0.2) is 0 Å².